The van der Waals surface area contributed by atoms with E-state index >= 15 is 0 Å². The van der Waals surface area contributed by atoms with Gasteiger partial charge in [0.05, 0.1) is 5.37 Å². The van der Waals surface area contributed by atoms with Crippen LogP contribution in [-0.2, 0) is 4.79 Å². The number of thioether (sulfide) groups is 1. The van der Waals surface area contributed by atoms with E-state index in [1.807, 2.05) is 0 Å². The molecule has 2 N–H and O–H groups in total. The molecular formula is C10H9ClFNO2S. The molecule has 1 aliphatic rings. The topological polar surface area (TPSA) is 49.3 Å². The molecule has 1 fully saturated rings. The lowest BCUT2D eigenvalue weighted by atomic mass is 10.2. The summed E-state index contributed by atoms with van der Waals surface area (Å²) < 4.78 is 13.5. The number of carboxylic acids is 1. The van der Waals surface area contributed by atoms with Gasteiger partial charge in [-0.25, -0.2) is 4.39 Å². The van der Waals surface area contributed by atoms with Crippen molar-refractivity contribution in [3.05, 3.63) is 34.6 Å². The van der Waals surface area contributed by atoms with Gasteiger partial charge in [-0.15, -0.1) is 11.8 Å². The quantitative estimate of drug-likeness (QED) is 0.858. The lowest BCUT2D eigenvalue weighted by Crippen LogP contribution is -2.33. The Morgan fingerprint density at radius 3 is 2.94 bits per heavy atom. The Morgan fingerprint density at radius 2 is 2.38 bits per heavy atom. The summed E-state index contributed by atoms with van der Waals surface area (Å²) in [6, 6.07) is 3.79. The molecule has 86 valence electrons. The molecule has 1 aromatic rings. The Labute approximate surface area is 101 Å². The molecule has 3 nitrogen and oxygen atoms in total. The zero-order chi connectivity index (χ0) is 11.7. The third-order valence-electron chi connectivity index (χ3n) is 2.34. The fourth-order valence-corrected chi connectivity index (χ4v) is 3.17. The summed E-state index contributed by atoms with van der Waals surface area (Å²) in [6.45, 7) is 0. The number of halogens is 2. The van der Waals surface area contributed by atoms with Crippen LogP contribution in [0.1, 0.15) is 10.9 Å². The average Bonchev–Trinajstić information content (AvgIpc) is 2.66. The van der Waals surface area contributed by atoms with E-state index in [1.165, 1.54) is 23.9 Å². The van der Waals surface area contributed by atoms with Crippen LogP contribution in [0.2, 0.25) is 5.02 Å². The van der Waals surface area contributed by atoms with Crippen LogP contribution in [0.25, 0.3) is 0 Å². The fourth-order valence-electron chi connectivity index (χ4n) is 1.54. The summed E-state index contributed by atoms with van der Waals surface area (Å²) in [6.07, 6.45) is 0. The summed E-state index contributed by atoms with van der Waals surface area (Å²) in [5.41, 5.74) is 0.331. The predicted molar refractivity (Wildman–Crippen MR) is 61.2 cm³/mol. The van der Waals surface area contributed by atoms with Gasteiger partial charge in [0.25, 0.3) is 0 Å². The Kier molecular flexibility index (Phi) is 3.37. The van der Waals surface area contributed by atoms with E-state index in [9.17, 15) is 9.18 Å². The van der Waals surface area contributed by atoms with Crippen molar-refractivity contribution in [3.8, 4) is 0 Å². The van der Waals surface area contributed by atoms with Gasteiger partial charge >= 0.3 is 5.97 Å². The second-order valence-corrected chi connectivity index (χ2v) is 4.95. The second kappa shape index (κ2) is 4.61. The van der Waals surface area contributed by atoms with Crippen LogP contribution in [0.15, 0.2) is 18.2 Å². The first-order valence-electron chi connectivity index (χ1n) is 4.64. The van der Waals surface area contributed by atoms with Crippen LogP contribution >= 0.6 is 23.4 Å². The molecule has 0 aromatic heterocycles. The lowest BCUT2D eigenvalue weighted by Gasteiger charge is -2.13. The van der Waals surface area contributed by atoms with Crippen molar-refractivity contribution in [2.75, 3.05) is 5.75 Å². The lowest BCUT2D eigenvalue weighted by molar-refractivity contribution is -0.138. The highest BCUT2D eigenvalue weighted by molar-refractivity contribution is 7.99. The van der Waals surface area contributed by atoms with E-state index in [0.29, 0.717) is 16.3 Å². The van der Waals surface area contributed by atoms with Crippen molar-refractivity contribution in [3.63, 3.8) is 0 Å². The van der Waals surface area contributed by atoms with Crippen molar-refractivity contribution >= 4 is 29.3 Å². The molecule has 0 bridgehead atoms. The minimum atomic E-state index is -0.928. The first-order valence-corrected chi connectivity index (χ1v) is 6.06. The highest BCUT2D eigenvalue weighted by Gasteiger charge is 2.32. The SMILES string of the molecule is O=C(O)[C@H]1CS[C@@H](c2c(F)cccc2Cl)N1. The van der Waals surface area contributed by atoms with E-state index < -0.39 is 23.2 Å². The van der Waals surface area contributed by atoms with Crippen molar-refractivity contribution < 1.29 is 14.3 Å². The monoisotopic (exact) mass is 261 g/mol. The molecular weight excluding hydrogens is 253 g/mol. The largest absolute Gasteiger partial charge is 0.480 e. The summed E-state index contributed by atoms with van der Waals surface area (Å²) >= 11 is 7.24. The van der Waals surface area contributed by atoms with Gasteiger partial charge in [0.1, 0.15) is 11.9 Å². The molecule has 2 rings (SSSR count). The summed E-state index contributed by atoms with van der Waals surface area (Å²) in [7, 11) is 0. The maximum absolute atomic E-state index is 13.5. The maximum atomic E-state index is 13.5. The van der Waals surface area contributed by atoms with Crippen molar-refractivity contribution in [1.29, 1.82) is 0 Å². The molecule has 0 spiro atoms. The highest BCUT2D eigenvalue weighted by atomic mass is 35.5. The first-order chi connectivity index (χ1) is 7.59. The van der Waals surface area contributed by atoms with Crippen LogP contribution in [0.4, 0.5) is 4.39 Å². The Bertz CT molecular complexity index is 409. The van der Waals surface area contributed by atoms with Gasteiger partial charge in [-0.1, -0.05) is 17.7 Å². The van der Waals surface area contributed by atoms with Crippen molar-refractivity contribution in [1.82, 2.24) is 5.32 Å². The summed E-state index contributed by atoms with van der Waals surface area (Å²) in [5, 5.41) is 11.6. The van der Waals surface area contributed by atoms with Crippen LogP contribution in [0, 0.1) is 5.82 Å². The average molecular weight is 262 g/mol. The van der Waals surface area contributed by atoms with Crippen LogP contribution in [0.3, 0.4) is 0 Å². The molecule has 0 unspecified atom stereocenters. The Hall–Kier alpha value is -0.780. The van der Waals surface area contributed by atoms with Crippen LogP contribution < -0.4 is 5.32 Å². The molecule has 2 atom stereocenters. The third-order valence-corrected chi connectivity index (χ3v) is 3.90. The fraction of sp³-hybridized carbons (Fsp3) is 0.300. The summed E-state index contributed by atoms with van der Waals surface area (Å²) in [5.74, 6) is -0.934. The molecule has 1 aromatic carbocycles. The molecule has 0 radical (unpaired) electrons. The van der Waals surface area contributed by atoms with Crippen LogP contribution in [-0.4, -0.2) is 22.9 Å². The molecule has 1 heterocycles. The zero-order valence-corrected chi connectivity index (χ0v) is 9.69. The molecule has 0 aliphatic carbocycles. The summed E-state index contributed by atoms with van der Waals surface area (Å²) in [4.78, 5) is 10.7. The van der Waals surface area contributed by atoms with Crippen molar-refractivity contribution in [2.24, 2.45) is 0 Å². The highest BCUT2D eigenvalue weighted by Crippen LogP contribution is 2.37. The number of benzene rings is 1. The van der Waals surface area contributed by atoms with Gasteiger partial charge in [-0.3, -0.25) is 10.1 Å². The zero-order valence-electron chi connectivity index (χ0n) is 8.11. The minimum Gasteiger partial charge on any atom is -0.480 e. The number of nitrogens with one attached hydrogen (secondary N) is 1. The Balaban J connectivity index is 2.24. The molecule has 16 heavy (non-hydrogen) atoms. The number of carbonyl (C=O) groups is 1. The number of hydrogen-bond donors (Lipinski definition) is 2. The second-order valence-electron chi connectivity index (χ2n) is 3.41. The molecule has 0 amide bonds. The van der Waals surface area contributed by atoms with Gasteiger partial charge in [0.15, 0.2) is 0 Å². The van der Waals surface area contributed by atoms with Gasteiger partial charge < -0.3 is 5.11 Å². The standard InChI is InChI=1S/C10H9ClFNO2S/c11-5-2-1-3-6(12)8(5)9-13-7(4-16-9)10(14)15/h1-3,7,9,13H,4H2,(H,14,15)/t7-,9+/m1/s1. The number of aliphatic carboxylic acids is 1. The molecule has 0 saturated carbocycles. The van der Waals surface area contributed by atoms with E-state index in [2.05, 4.69) is 5.32 Å². The van der Waals surface area contributed by atoms with Gasteiger partial charge in [-0.2, -0.15) is 0 Å². The van der Waals surface area contributed by atoms with Gasteiger partial charge in [0, 0.05) is 16.3 Å². The van der Waals surface area contributed by atoms with Gasteiger partial charge in [-0.05, 0) is 12.1 Å². The van der Waals surface area contributed by atoms with E-state index in [-0.39, 0.29) is 0 Å². The van der Waals surface area contributed by atoms with Crippen molar-refractivity contribution in [2.45, 2.75) is 11.4 Å². The smallest absolute Gasteiger partial charge is 0.321 e. The number of hydrogen-bond acceptors (Lipinski definition) is 3. The minimum absolute atomic E-state index is 0.316. The molecule has 1 saturated heterocycles. The maximum Gasteiger partial charge on any atom is 0.321 e. The van der Waals surface area contributed by atoms with E-state index in [4.69, 9.17) is 16.7 Å². The van der Waals surface area contributed by atoms with Crippen LogP contribution in [0.5, 0.6) is 0 Å². The number of carboxylic acid groups (broad SMARTS) is 1. The first kappa shape index (κ1) is 11.7. The predicted octanol–water partition coefficient (Wildman–Crippen LogP) is 2.27. The third kappa shape index (κ3) is 2.16. The van der Waals surface area contributed by atoms with Gasteiger partial charge in [0.2, 0.25) is 0 Å². The van der Waals surface area contributed by atoms with E-state index in [1.54, 1.807) is 6.07 Å². The van der Waals surface area contributed by atoms with E-state index in [0.717, 1.165) is 0 Å². The normalized spacial score (nSPS) is 24.6. The Morgan fingerprint density at radius 1 is 1.62 bits per heavy atom. The number of rotatable bonds is 2. The molecule has 1 aliphatic heterocycles. The molecule has 6 heteroatoms.